The van der Waals surface area contributed by atoms with Crippen LogP contribution >= 0.6 is 11.8 Å². The fraction of sp³-hybridized carbons (Fsp3) is 0.500. The Kier molecular flexibility index (Phi) is 6.05. The molecule has 0 heterocycles. The number of thioether (sulfide) groups is 1. The molecule has 0 aliphatic rings. The molecule has 18 heavy (non-hydrogen) atoms. The van der Waals surface area contributed by atoms with Gasteiger partial charge in [0.15, 0.2) is 5.96 Å². The molecule has 0 amide bonds. The lowest BCUT2D eigenvalue weighted by Gasteiger charge is -2.17. The molecule has 0 aromatic heterocycles. The number of nitrogens with zero attached hydrogens (tertiary/aromatic N) is 2. The van der Waals surface area contributed by atoms with Gasteiger partial charge in [0.1, 0.15) is 0 Å². The summed E-state index contributed by atoms with van der Waals surface area (Å²) in [5.74, 6) is 0.935. The lowest BCUT2D eigenvalue weighted by molar-refractivity contribution is 0.583. The summed E-state index contributed by atoms with van der Waals surface area (Å²) in [5, 5.41) is 3.27. The molecule has 1 aromatic rings. The molecule has 0 atom stereocenters. The highest BCUT2D eigenvalue weighted by atomic mass is 32.2. The molecule has 1 rings (SSSR count). The molecule has 100 valence electrons. The van der Waals surface area contributed by atoms with Crippen molar-refractivity contribution in [2.24, 2.45) is 4.99 Å². The van der Waals surface area contributed by atoms with Crippen LogP contribution in [-0.2, 0) is 6.54 Å². The third kappa shape index (κ3) is 4.26. The number of nitrogens with one attached hydrogen (secondary N) is 1. The van der Waals surface area contributed by atoms with Crippen molar-refractivity contribution < 1.29 is 0 Å². The van der Waals surface area contributed by atoms with E-state index in [1.807, 2.05) is 19.0 Å². The Labute approximate surface area is 115 Å². The molecule has 1 N–H and O–H groups in total. The average Bonchev–Trinajstić information content (AvgIpc) is 2.35. The lowest BCUT2D eigenvalue weighted by atomic mass is 10.1. The Morgan fingerprint density at radius 1 is 1.39 bits per heavy atom. The number of benzene rings is 1. The molecule has 0 unspecified atom stereocenters. The van der Waals surface area contributed by atoms with Crippen LogP contribution in [0.25, 0.3) is 0 Å². The zero-order valence-corrected chi connectivity index (χ0v) is 12.8. The van der Waals surface area contributed by atoms with Crippen LogP contribution in [-0.4, -0.2) is 37.8 Å². The van der Waals surface area contributed by atoms with Crippen molar-refractivity contribution in [2.75, 3.05) is 26.9 Å². The minimum absolute atomic E-state index is 0.719. The summed E-state index contributed by atoms with van der Waals surface area (Å²) < 4.78 is 0. The SMILES string of the molecule is CCNC(=NCc1ccc(C)cc1SC)N(C)C. The second kappa shape index (κ2) is 7.31. The first kappa shape index (κ1) is 14.9. The monoisotopic (exact) mass is 265 g/mol. The van der Waals surface area contributed by atoms with Gasteiger partial charge in [0, 0.05) is 25.5 Å². The van der Waals surface area contributed by atoms with E-state index in [9.17, 15) is 0 Å². The summed E-state index contributed by atoms with van der Waals surface area (Å²) >= 11 is 1.78. The van der Waals surface area contributed by atoms with E-state index >= 15 is 0 Å². The molecule has 0 saturated heterocycles. The minimum Gasteiger partial charge on any atom is -0.357 e. The Morgan fingerprint density at radius 3 is 2.67 bits per heavy atom. The predicted molar refractivity (Wildman–Crippen MR) is 81.5 cm³/mol. The van der Waals surface area contributed by atoms with Gasteiger partial charge in [-0.2, -0.15) is 0 Å². The minimum atomic E-state index is 0.719. The second-order valence-electron chi connectivity index (χ2n) is 4.38. The summed E-state index contributed by atoms with van der Waals surface area (Å²) in [6.45, 7) is 5.81. The smallest absolute Gasteiger partial charge is 0.193 e. The molecule has 0 aliphatic heterocycles. The summed E-state index contributed by atoms with van der Waals surface area (Å²) in [5.41, 5.74) is 2.58. The first-order valence-electron chi connectivity index (χ1n) is 6.17. The van der Waals surface area contributed by atoms with Crippen LogP contribution in [0.3, 0.4) is 0 Å². The zero-order chi connectivity index (χ0) is 13.5. The van der Waals surface area contributed by atoms with Crippen molar-refractivity contribution in [3.05, 3.63) is 29.3 Å². The molecule has 0 fully saturated rings. The van der Waals surface area contributed by atoms with Crippen LogP contribution in [0.2, 0.25) is 0 Å². The van der Waals surface area contributed by atoms with Gasteiger partial charge in [-0.3, -0.25) is 0 Å². The lowest BCUT2D eigenvalue weighted by Crippen LogP contribution is -2.36. The fourth-order valence-electron chi connectivity index (χ4n) is 1.66. The molecule has 0 bridgehead atoms. The third-order valence-electron chi connectivity index (χ3n) is 2.60. The Balaban J connectivity index is 2.86. The van der Waals surface area contributed by atoms with Gasteiger partial charge in [0.05, 0.1) is 6.54 Å². The summed E-state index contributed by atoms with van der Waals surface area (Å²) in [6, 6.07) is 6.54. The number of guanidine groups is 1. The van der Waals surface area contributed by atoms with Crippen LogP contribution < -0.4 is 5.32 Å². The molecule has 0 spiro atoms. The maximum absolute atomic E-state index is 4.64. The molecular weight excluding hydrogens is 242 g/mol. The van der Waals surface area contributed by atoms with Gasteiger partial charge in [0.25, 0.3) is 0 Å². The Hall–Kier alpha value is -1.16. The molecule has 0 aliphatic carbocycles. The number of hydrogen-bond acceptors (Lipinski definition) is 2. The van der Waals surface area contributed by atoms with Crippen molar-refractivity contribution in [1.82, 2.24) is 10.2 Å². The number of aryl methyl sites for hydroxylation is 1. The van der Waals surface area contributed by atoms with E-state index in [-0.39, 0.29) is 0 Å². The van der Waals surface area contributed by atoms with E-state index in [1.54, 1.807) is 11.8 Å². The first-order valence-corrected chi connectivity index (χ1v) is 7.40. The van der Waals surface area contributed by atoms with Gasteiger partial charge in [0.2, 0.25) is 0 Å². The maximum Gasteiger partial charge on any atom is 0.193 e. The van der Waals surface area contributed by atoms with Crippen molar-refractivity contribution in [2.45, 2.75) is 25.3 Å². The Bertz CT molecular complexity index is 414. The molecule has 0 saturated carbocycles. The first-order chi connectivity index (χ1) is 8.58. The number of rotatable bonds is 4. The van der Waals surface area contributed by atoms with Crippen LogP contribution in [0.1, 0.15) is 18.1 Å². The van der Waals surface area contributed by atoms with E-state index in [4.69, 9.17) is 0 Å². The molecule has 4 heteroatoms. The summed E-state index contributed by atoms with van der Waals surface area (Å²) in [6.07, 6.45) is 2.11. The summed E-state index contributed by atoms with van der Waals surface area (Å²) in [7, 11) is 4.01. The third-order valence-corrected chi connectivity index (χ3v) is 3.42. The van der Waals surface area contributed by atoms with Crippen molar-refractivity contribution in [3.63, 3.8) is 0 Å². The highest BCUT2D eigenvalue weighted by Crippen LogP contribution is 2.22. The largest absolute Gasteiger partial charge is 0.357 e. The maximum atomic E-state index is 4.64. The van der Waals surface area contributed by atoms with Crippen LogP contribution in [0.5, 0.6) is 0 Å². The van der Waals surface area contributed by atoms with E-state index < -0.39 is 0 Å². The quantitative estimate of drug-likeness (QED) is 0.515. The highest BCUT2D eigenvalue weighted by Gasteiger charge is 2.03. The van der Waals surface area contributed by atoms with E-state index in [0.29, 0.717) is 0 Å². The predicted octanol–water partition coefficient (Wildman–Crippen LogP) is 2.74. The van der Waals surface area contributed by atoms with Crippen LogP contribution in [0, 0.1) is 6.92 Å². The zero-order valence-electron chi connectivity index (χ0n) is 11.9. The van der Waals surface area contributed by atoms with Gasteiger partial charge < -0.3 is 10.2 Å². The molecule has 0 radical (unpaired) electrons. The molecule has 3 nitrogen and oxygen atoms in total. The van der Waals surface area contributed by atoms with E-state index in [0.717, 1.165) is 19.0 Å². The van der Waals surface area contributed by atoms with Gasteiger partial charge in [-0.25, -0.2) is 4.99 Å². The standard InChI is InChI=1S/C14H23N3S/c1-6-15-14(17(3)4)16-10-12-8-7-11(2)9-13(12)18-5/h7-9H,6,10H2,1-5H3,(H,15,16). The van der Waals surface area contributed by atoms with Gasteiger partial charge in [-0.15, -0.1) is 11.8 Å². The van der Waals surface area contributed by atoms with E-state index in [2.05, 4.69) is 48.6 Å². The highest BCUT2D eigenvalue weighted by molar-refractivity contribution is 7.98. The fourth-order valence-corrected chi connectivity index (χ4v) is 2.35. The van der Waals surface area contributed by atoms with Gasteiger partial charge >= 0.3 is 0 Å². The van der Waals surface area contributed by atoms with E-state index in [1.165, 1.54) is 16.0 Å². The second-order valence-corrected chi connectivity index (χ2v) is 5.23. The van der Waals surface area contributed by atoms with Crippen molar-refractivity contribution in [1.29, 1.82) is 0 Å². The topological polar surface area (TPSA) is 27.6 Å². The molecule has 1 aromatic carbocycles. The van der Waals surface area contributed by atoms with Gasteiger partial charge in [-0.05, 0) is 37.3 Å². The van der Waals surface area contributed by atoms with Crippen molar-refractivity contribution >= 4 is 17.7 Å². The Morgan fingerprint density at radius 2 is 2.11 bits per heavy atom. The van der Waals surface area contributed by atoms with Gasteiger partial charge in [-0.1, -0.05) is 12.1 Å². The number of hydrogen-bond donors (Lipinski definition) is 1. The molecular formula is C14H23N3S. The van der Waals surface area contributed by atoms with Crippen molar-refractivity contribution in [3.8, 4) is 0 Å². The summed E-state index contributed by atoms with van der Waals surface area (Å²) in [4.78, 5) is 7.96. The van der Waals surface area contributed by atoms with Crippen LogP contribution in [0.15, 0.2) is 28.1 Å². The normalized spacial score (nSPS) is 11.5. The average molecular weight is 265 g/mol. The number of aliphatic imine (C=N–C) groups is 1. The van der Waals surface area contributed by atoms with Crippen LogP contribution in [0.4, 0.5) is 0 Å².